The minimum atomic E-state index is -0.432. The topological polar surface area (TPSA) is 91.0 Å². The van der Waals surface area contributed by atoms with Gasteiger partial charge >= 0.3 is 0 Å². The van der Waals surface area contributed by atoms with E-state index in [2.05, 4.69) is 20.3 Å². The largest absolute Gasteiger partial charge is 0.350 e. The zero-order chi connectivity index (χ0) is 19.6. The van der Waals surface area contributed by atoms with Crippen LogP contribution >= 0.6 is 11.3 Å². The third kappa shape index (κ3) is 4.16. The van der Waals surface area contributed by atoms with E-state index in [4.69, 9.17) is 0 Å². The van der Waals surface area contributed by atoms with Crippen LogP contribution in [0, 0.1) is 0 Å². The zero-order valence-electron chi connectivity index (χ0n) is 15.8. The van der Waals surface area contributed by atoms with Gasteiger partial charge in [-0.25, -0.2) is 9.97 Å². The van der Waals surface area contributed by atoms with Crippen molar-refractivity contribution in [3.05, 3.63) is 52.1 Å². The maximum absolute atomic E-state index is 12.5. The van der Waals surface area contributed by atoms with Gasteiger partial charge in [0, 0.05) is 19.5 Å². The zero-order valence-corrected chi connectivity index (χ0v) is 16.6. The minimum absolute atomic E-state index is 0.106. The Hall–Kier alpha value is -2.74. The molecule has 3 aromatic rings. The second kappa shape index (κ2) is 7.87. The molecule has 0 saturated heterocycles. The molecule has 7 nitrogen and oxygen atoms in total. The summed E-state index contributed by atoms with van der Waals surface area (Å²) in [7, 11) is 1.79. The van der Waals surface area contributed by atoms with Crippen LogP contribution in [-0.2, 0) is 11.3 Å². The van der Waals surface area contributed by atoms with Crippen molar-refractivity contribution < 1.29 is 4.79 Å². The van der Waals surface area contributed by atoms with Gasteiger partial charge in [-0.15, -0.1) is 0 Å². The fourth-order valence-electron chi connectivity index (χ4n) is 2.54. The summed E-state index contributed by atoms with van der Waals surface area (Å²) in [4.78, 5) is 38.8. The number of nitrogens with one attached hydrogen (secondary N) is 2. The van der Waals surface area contributed by atoms with Crippen LogP contribution in [-0.4, -0.2) is 33.9 Å². The summed E-state index contributed by atoms with van der Waals surface area (Å²) in [6.45, 7) is 6.22. The molecule has 1 atom stereocenters. The molecule has 142 valence electrons. The van der Waals surface area contributed by atoms with Crippen molar-refractivity contribution in [2.75, 3.05) is 11.9 Å². The van der Waals surface area contributed by atoms with Crippen LogP contribution in [0.3, 0.4) is 0 Å². The van der Waals surface area contributed by atoms with E-state index >= 15 is 0 Å². The number of likely N-dealkylation sites (N-methyl/N-ethyl adjacent to an activating group) is 1. The molecule has 3 rings (SSSR count). The number of anilines is 1. The van der Waals surface area contributed by atoms with E-state index in [0.717, 1.165) is 5.56 Å². The molecule has 8 heteroatoms. The Morgan fingerprint density at radius 1 is 1.22 bits per heavy atom. The predicted octanol–water partition coefficient (Wildman–Crippen LogP) is 2.64. The van der Waals surface area contributed by atoms with Gasteiger partial charge in [0.05, 0.1) is 0 Å². The molecule has 27 heavy (non-hydrogen) atoms. The van der Waals surface area contributed by atoms with Gasteiger partial charge in [-0.2, -0.15) is 0 Å². The van der Waals surface area contributed by atoms with Crippen molar-refractivity contribution in [3.8, 4) is 0 Å². The summed E-state index contributed by atoms with van der Waals surface area (Å²) in [6.07, 6.45) is 0. The Labute approximate surface area is 161 Å². The molecule has 0 saturated carbocycles. The molecular formula is C19H23N5O2S. The van der Waals surface area contributed by atoms with E-state index < -0.39 is 6.04 Å². The first-order valence-electron chi connectivity index (χ1n) is 8.82. The van der Waals surface area contributed by atoms with Gasteiger partial charge in [0.25, 0.3) is 5.56 Å². The predicted molar refractivity (Wildman–Crippen MR) is 108 cm³/mol. The van der Waals surface area contributed by atoms with Gasteiger partial charge in [-0.05, 0) is 12.5 Å². The number of amides is 1. The number of carbonyl (C=O) groups is 1. The molecule has 0 aliphatic rings. The Morgan fingerprint density at radius 2 is 1.93 bits per heavy atom. The summed E-state index contributed by atoms with van der Waals surface area (Å²) >= 11 is 1.32. The number of H-pyrrole nitrogens is 1. The van der Waals surface area contributed by atoms with E-state index in [1.807, 2.05) is 51.1 Å². The van der Waals surface area contributed by atoms with Crippen LogP contribution in [0.1, 0.15) is 38.1 Å². The van der Waals surface area contributed by atoms with E-state index in [1.165, 1.54) is 11.3 Å². The highest BCUT2D eigenvalue weighted by Gasteiger charge is 2.22. The number of aromatic amines is 1. The van der Waals surface area contributed by atoms with Crippen molar-refractivity contribution in [3.63, 3.8) is 0 Å². The maximum atomic E-state index is 12.5. The Kier molecular flexibility index (Phi) is 5.55. The first-order chi connectivity index (χ1) is 12.9. The number of aromatic nitrogens is 3. The third-order valence-electron chi connectivity index (χ3n) is 4.40. The van der Waals surface area contributed by atoms with Crippen molar-refractivity contribution in [2.24, 2.45) is 0 Å². The minimum Gasteiger partial charge on any atom is -0.350 e. The lowest BCUT2D eigenvalue weighted by Gasteiger charge is -2.23. The molecule has 2 N–H and O–H groups in total. The average molecular weight is 385 g/mol. The second-order valence-corrected chi connectivity index (χ2v) is 7.70. The number of thiazole rings is 1. The van der Waals surface area contributed by atoms with Crippen LogP contribution in [0.5, 0.6) is 0 Å². The van der Waals surface area contributed by atoms with Crippen LogP contribution in [0.15, 0.2) is 35.1 Å². The molecule has 0 bridgehead atoms. The number of nitrogens with zero attached hydrogens (tertiary/aromatic N) is 3. The normalized spacial score (nSPS) is 12.3. The van der Waals surface area contributed by atoms with Gasteiger partial charge in [0.1, 0.15) is 11.9 Å². The molecule has 2 heterocycles. The van der Waals surface area contributed by atoms with E-state index in [0.29, 0.717) is 27.8 Å². The van der Waals surface area contributed by atoms with Crippen LogP contribution < -0.4 is 15.8 Å². The Morgan fingerprint density at radius 3 is 2.59 bits per heavy atom. The fourth-order valence-corrected chi connectivity index (χ4v) is 3.53. The van der Waals surface area contributed by atoms with E-state index in [1.54, 1.807) is 11.9 Å². The summed E-state index contributed by atoms with van der Waals surface area (Å²) in [5.74, 6) is 0.650. The van der Waals surface area contributed by atoms with Gasteiger partial charge in [0.2, 0.25) is 5.91 Å². The number of benzene rings is 1. The molecule has 0 aliphatic carbocycles. The molecule has 2 aromatic heterocycles. The maximum Gasteiger partial charge on any atom is 0.278 e. The summed E-state index contributed by atoms with van der Waals surface area (Å²) in [5.41, 5.74) is 1.10. The SMILES string of the molecule is CC(C)c1nc2sc(N(C)[C@H](C)C(=O)NCc3ccccc3)nc2c(=O)[nH]1. The van der Waals surface area contributed by atoms with E-state index in [9.17, 15) is 9.59 Å². The monoisotopic (exact) mass is 385 g/mol. The van der Waals surface area contributed by atoms with Crippen molar-refractivity contribution in [1.29, 1.82) is 0 Å². The standard InChI is InChI=1S/C19H23N5O2S/c1-11(2)15-22-17(26)14-18(23-15)27-19(21-14)24(4)12(3)16(25)20-10-13-8-6-5-7-9-13/h5-9,11-12H,10H2,1-4H3,(H,20,25)(H,22,23,26)/t12-/m1/s1. The molecule has 1 aromatic carbocycles. The van der Waals surface area contributed by atoms with Gasteiger partial charge in [-0.3, -0.25) is 9.59 Å². The fraction of sp³-hybridized carbons (Fsp3) is 0.368. The smallest absolute Gasteiger partial charge is 0.278 e. The van der Waals surface area contributed by atoms with E-state index in [-0.39, 0.29) is 17.4 Å². The first-order valence-corrected chi connectivity index (χ1v) is 9.63. The molecule has 1 amide bonds. The second-order valence-electron chi connectivity index (χ2n) is 6.75. The number of rotatable bonds is 6. The van der Waals surface area contributed by atoms with Crippen molar-refractivity contribution >= 4 is 32.7 Å². The van der Waals surface area contributed by atoms with Gasteiger partial charge in [-0.1, -0.05) is 55.5 Å². The number of hydrogen-bond acceptors (Lipinski definition) is 6. The molecule has 0 fully saturated rings. The quantitative estimate of drug-likeness (QED) is 0.681. The highest BCUT2D eigenvalue weighted by Crippen LogP contribution is 2.26. The molecule has 0 aliphatic heterocycles. The average Bonchev–Trinajstić information content (AvgIpc) is 3.10. The third-order valence-corrected chi connectivity index (χ3v) is 5.44. The molecule has 0 radical (unpaired) electrons. The summed E-state index contributed by atoms with van der Waals surface area (Å²) in [5, 5.41) is 3.52. The van der Waals surface area contributed by atoms with Crippen LogP contribution in [0.25, 0.3) is 10.3 Å². The lowest BCUT2D eigenvalue weighted by molar-refractivity contribution is -0.122. The van der Waals surface area contributed by atoms with Gasteiger partial charge in [0.15, 0.2) is 15.5 Å². The first kappa shape index (κ1) is 19.0. The Bertz CT molecular complexity index is 996. The molecule has 0 unspecified atom stereocenters. The number of carbonyl (C=O) groups excluding carboxylic acids is 1. The highest BCUT2D eigenvalue weighted by molar-refractivity contribution is 7.21. The van der Waals surface area contributed by atoms with Crippen LogP contribution in [0.2, 0.25) is 0 Å². The van der Waals surface area contributed by atoms with Crippen LogP contribution in [0.4, 0.5) is 5.13 Å². The lowest BCUT2D eigenvalue weighted by atomic mass is 10.2. The summed E-state index contributed by atoms with van der Waals surface area (Å²) in [6, 6.07) is 9.31. The number of hydrogen-bond donors (Lipinski definition) is 2. The highest BCUT2D eigenvalue weighted by atomic mass is 32.1. The Balaban J connectivity index is 1.76. The molecular weight excluding hydrogens is 362 g/mol. The van der Waals surface area contributed by atoms with Gasteiger partial charge < -0.3 is 15.2 Å². The lowest BCUT2D eigenvalue weighted by Crippen LogP contribution is -2.43. The van der Waals surface area contributed by atoms with Crippen molar-refractivity contribution in [1.82, 2.24) is 20.3 Å². The van der Waals surface area contributed by atoms with Crippen molar-refractivity contribution in [2.45, 2.75) is 39.3 Å². The summed E-state index contributed by atoms with van der Waals surface area (Å²) < 4.78 is 0. The molecule has 0 spiro atoms. The number of fused-ring (bicyclic) bond motifs is 1.